The largest absolute Gasteiger partial charge is 0.378 e. The molecular formula is C7H10O. The van der Waals surface area contributed by atoms with Crippen LogP contribution in [0.4, 0.5) is 0 Å². The van der Waals surface area contributed by atoms with Crippen LogP contribution in [0.5, 0.6) is 0 Å². The Labute approximate surface area is 49.7 Å². The van der Waals surface area contributed by atoms with E-state index in [9.17, 15) is 5.11 Å². The van der Waals surface area contributed by atoms with E-state index in [4.69, 9.17) is 0 Å². The predicted octanol–water partition coefficient (Wildman–Crippen LogP) is 0.925. The van der Waals surface area contributed by atoms with Gasteiger partial charge in [0.15, 0.2) is 0 Å². The molecule has 0 unspecified atom stereocenters. The highest BCUT2D eigenvalue weighted by atomic mass is 16.3. The number of hydrogen-bond acceptors (Lipinski definition) is 1. The summed E-state index contributed by atoms with van der Waals surface area (Å²) in [5, 5.41) is 9.24. The molecule has 1 saturated carbocycles. The van der Waals surface area contributed by atoms with Crippen LogP contribution in [-0.4, -0.2) is 10.7 Å². The molecule has 1 heteroatoms. The third-order valence-electron chi connectivity index (χ3n) is 1.54. The zero-order valence-electron chi connectivity index (χ0n) is 5.07. The molecule has 1 N–H and O–H groups in total. The molecule has 0 radical (unpaired) electrons. The van der Waals surface area contributed by atoms with Crippen molar-refractivity contribution < 1.29 is 5.11 Å². The molecule has 0 bridgehead atoms. The van der Waals surface area contributed by atoms with E-state index in [1.165, 1.54) is 0 Å². The molecule has 44 valence electrons. The molecule has 1 nitrogen and oxygen atoms in total. The molecule has 0 aliphatic heterocycles. The Bertz CT molecular complexity index is 134. The third-order valence-corrected chi connectivity index (χ3v) is 1.54. The fourth-order valence-corrected chi connectivity index (χ4v) is 0.869. The summed E-state index contributed by atoms with van der Waals surface area (Å²) in [5.74, 6) is 5.47. The minimum atomic E-state index is -0.589. The normalized spacial score (nSPS) is 22.8. The summed E-state index contributed by atoms with van der Waals surface area (Å²) in [6.45, 7) is 1.76. The Morgan fingerprint density at radius 3 is 2.25 bits per heavy atom. The zero-order valence-corrected chi connectivity index (χ0v) is 5.07. The molecule has 1 aliphatic carbocycles. The van der Waals surface area contributed by atoms with Crippen molar-refractivity contribution in [3.05, 3.63) is 0 Å². The maximum Gasteiger partial charge on any atom is 0.125 e. The van der Waals surface area contributed by atoms with E-state index in [0.29, 0.717) is 0 Å². The summed E-state index contributed by atoms with van der Waals surface area (Å²) in [5.41, 5.74) is -0.589. The van der Waals surface area contributed by atoms with E-state index in [2.05, 4.69) is 11.8 Å². The average Bonchev–Trinajstić information content (AvgIpc) is 1.64. The second-order valence-corrected chi connectivity index (χ2v) is 2.26. The molecule has 0 aromatic rings. The van der Waals surface area contributed by atoms with Crippen LogP contribution in [-0.2, 0) is 0 Å². The maximum atomic E-state index is 9.24. The van der Waals surface area contributed by atoms with E-state index < -0.39 is 5.60 Å². The van der Waals surface area contributed by atoms with Crippen LogP contribution in [0, 0.1) is 11.8 Å². The summed E-state index contributed by atoms with van der Waals surface area (Å²) in [6.07, 6.45) is 2.87. The van der Waals surface area contributed by atoms with Crippen molar-refractivity contribution in [1.82, 2.24) is 0 Å². The Kier molecular flexibility index (Phi) is 1.27. The Hall–Kier alpha value is -0.480. The van der Waals surface area contributed by atoms with Gasteiger partial charge in [0.1, 0.15) is 5.60 Å². The van der Waals surface area contributed by atoms with E-state index in [1.54, 1.807) is 6.92 Å². The summed E-state index contributed by atoms with van der Waals surface area (Å²) < 4.78 is 0. The van der Waals surface area contributed by atoms with Gasteiger partial charge in [-0.3, -0.25) is 0 Å². The van der Waals surface area contributed by atoms with Gasteiger partial charge in [-0.05, 0) is 26.2 Å². The monoisotopic (exact) mass is 110 g/mol. The first-order valence-electron chi connectivity index (χ1n) is 2.93. The van der Waals surface area contributed by atoms with Crippen molar-refractivity contribution in [2.24, 2.45) is 0 Å². The topological polar surface area (TPSA) is 20.2 Å². The molecule has 0 heterocycles. The molecular weight excluding hydrogens is 100 g/mol. The molecule has 1 fully saturated rings. The van der Waals surface area contributed by atoms with Crippen molar-refractivity contribution in [3.63, 3.8) is 0 Å². The molecule has 0 amide bonds. The van der Waals surface area contributed by atoms with Gasteiger partial charge in [-0.1, -0.05) is 5.92 Å². The lowest BCUT2D eigenvalue weighted by atomic mass is 9.81. The van der Waals surface area contributed by atoms with Crippen LogP contribution >= 0.6 is 0 Å². The van der Waals surface area contributed by atoms with Gasteiger partial charge in [0.25, 0.3) is 0 Å². The minimum Gasteiger partial charge on any atom is -0.378 e. The Balaban J connectivity index is 2.49. The first-order chi connectivity index (χ1) is 3.77. The summed E-state index contributed by atoms with van der Waals surface area (Å²) in [6, 6.07) is 0. The van der Waals surface area contributed by atoms with Crippen molar-refractivity contribution >= 4 is 0 Å². The lowest BCUT2D eigenvalue weighted by Gasteiger charge is -2.30. The summed E-state index contributed by atoms with van der Waals surface area (Å²) in [4.78, 5) is 0. The quantitative estimate of drug-likeness (QED) is 0.460. The molecule has 0 saturated heterocycles. The van der Waals surface area contributed by atoms with Crippen molar-refractivity contribution in [2.45, 2.75) is 31.8 Å². The van der Waals surface area contributed by atoms with Gasteiger partial charge >= 0.3 is 0 Å². The van der Waals surface area contributed by atoms with E-state index in [1.807, 2.05) is 0 Å². The van der Waals surface area contributed by atoms with Crippen LogP contribution in [0.3, 0.4) is 0 Å². The highest BCUT2D eigenvalue weighted by molar-refractivity contribution is 5.15. The molecule has 0 atom stereocenters. The summed E-state index contributed by atoms with van der Waals surface area (Å²) in [7, 11) is 0. The number of rotatable bonds is 0. The predicted molar refractivity (Wildman–Crippen MR) is 32.3 cm³/mol. The minimum absolute atomic E-state index is 0.589. The van der Waals surface area contributed by atoms with Gasteiger partial charge in [-0.2, -0.15) is 0 Å². The van der Waals surface area contributed by atoms with Gasteiger partial charge in [0, 0.05) is 0 Å². The number of aliphatic hydroxyl groups is 1. The van der Waals surface area contributed by atoms with Gasteiger partial charge in [0.2, 0.25) is 0 Å². The fraction of sp³-hybridized carbons (Fsp3) is 0.714. The van der Waals surface area contributed by atoms with Gasteiger partial charge in [-0.15, -0.1) is 5.92 Å². The van der Waals surface area contributed by atoms with E-state index >= 15 is 0 Å². The highest BCUT2D eigenvalue weighted by Gasteiger charge is 2.31. The zero-order chi connectivity index (χ0) is 6.04. The van der Waals surface area contributed by atoms with Crippen LogP contribution < -0.4 is 0 Å². The third kappa shape index (κ3) is 0.850. The molecule has 0 spiro atoms. The number of hydrogen-bond donors (Lipinski definition) is 1. The molecule has 1 rings (SSSR count). The fourth-order valence-electron chi connectivity index (χ4n) is 0.869. The Morgan fingerprint density at radius 1 is 1.50 bits per heavy atom. The molecule has 0 aromatic heterocycles. The first kappa shape index (κ1) is 5.65. The van der Waals surface area contributed by atoms with Crippen molar-refractivity contribution in [2.75, 3.05) is 0 Å². The van der Waals surface area contributed by atoms with Crippen molar-refractivity contribution in [1.29, 1.82) is 0 Å². The second kappa shape index (κ2) is 1.80. The summed E-state index contributed by atoms with van der Waals surface area (Å²) >= 11 is 0. The maximum absolute atomic E-state index is 9.24. The van der Waals surface area contributed by atoms with Gasteiger partial charge in [0.05, 0.1) is 0 Å². The second-order valence-electron chi connectivity index (χ2n) is 2.26. The van der Waals surface area contributed by atoms with Crippen molar-refractivity contribution in [3.8, 4) is 11.8 Å². The van der Waals surface area contributed by atoms with Crippen LogP contribution in [0.15, 0.2) is 0 Å². The highest BCUT2D eigenvalue weighted by Crippen LogP contribution is 2.30. The van der Waals surface area contributed by atoms with E-state index in [-0.39, 0.29) is 0 Å². The SMILES string of the molecule is CC#CC1(O)CCC1. The molecule has 0 aromatic carbocycles. The van der Waals surface area contributed by atoms with Crippen LogP contribution in [0.1, 0.15) is 26.2 Å². The van der Waals surface area contributed by atoms with Crippen LogP contribution in [0.2, 0.25) is 0 Å². The standard InChI is InChI=1S/C7H10O/c1-2-4-7(8)5-3-6-7/h8H,3,5-6H2,1H3. The lowest BCUT2D eigenvalue weighted by Crippen LogP contribution is -2.34. The van der Waals surface area contributed by atoms with E-state index in [0.717, 1.165) is 19.3 Å². The van der Waals surface area contributed by atoms with Gasteiger partial charge < -0.3 is 5.11 Å². The lowest BCUT2D eigenvalue weighted by molar-refractivity contribution is 0.0239. The van der Waals surface area contributed by atoms with Crippen LogP contribution in [0.25, 0.3) is 0 Å². The molecule has 1 aliphatic rings. The average molecular weight is 110 g/mol. The first-order valence-corrected chi connectivity index (χ1v) is 2.93. The smallest absolute Gasteiger partial charge is 0.125 e. The van der Waals surface area contributed by atoms with Gasteiger partial charge in [-0.25, -0.2) is 0 Å². The Morgan fingerprint density at radius 2 is 2.12 bits per heavy atom. The molecule has 8 heavy (non-hydrogen) atoms.